The van der Waals surface area contributed by atoms with Crippen LogP contribution < -0.4 is 5.32 Å². The minimum atomic E-state index is -0.347. The Kier molecular flexibility index (Phi) is 4.18. The van der Waals surface area contributed by atoms with Crippen molar-refractivity contribution in [1.82, 2.24) is 0 Å². The third-order valence-electron chi connectivity index (χ3n) is 3.05. The molecule has 1 N–H and O–H groups in total. The van der Waals surface area contributed by atoms with Crippen LogP contribution in [0.5, 0.6) is 0 Å². The number of carbonyl (C=O) groups excluding carboxylic acids is 1. The lowest BCUT2D eigenvalue weighted by Gasteiger charge is -2.03. The summed E-state index contributed by atoms with van der Waals surface area (Å²) in [5, 5.41) is 3.85. The van der Waals surface area contributed by atoms with Crippen molar-refractivity contribution >= 4 is 34.8 Å². The van der Waals surface area contributed by atoms with Gasteiger partial charge < -0.3 is 9.73 Å². The van der Waals surface area contributed by atoms with E-state index in [1.54, 1.807) is 42.5 Å². The van der Waals surface area contributed by atoms with Gasteiger partial charge in [-0.15, -0.1) is 0 Å². The van der Waals surface area contributed by atoms with E-state index < -0.39 is 0 Å². The number of hydrogen-bond donors (Lipinski definition) is 1. The zero-order valence-corrected chi connectivity index (χ0v) is 12.9. The quantitative estimate of drug-likeness (QED) is 0.687. The maximum Gasteiger partial charge on any atom is 0.291 e. The predicted octanol–water partition coefficient (Wildman–Crippen LogP) is 5.51. The van der Waals surface area contributed by atoms with Crippen molar-refractivity contribution in [3.8, 4) is 11.3 Å². The van der Waals surface area contributed by atoms with Gasteiger partial charge in [0.15, 0.2) is 5.76 Å². The number of rotatable bonds is 3. The van der Waals surface area contributed by atoms with Crippen LogP contribution in [-0.4, -0.2) is 5.91 Å². The Morgan fingerprint density at radius 1 is 0.955 bits per heavy atom. The van der Waals surface area contributed by atoms with Crippen LogP contribution in [0.2, 0.25) is 10.0 Å². The van der Waals surface area contributed by atoms with E-state index in [9.17, 15) is 4.79 Å². The largest absolute Gasteiger partial charge is 0.451 e. The summed E-state index contributed by atoms with van der Waals surface area (Å²) < 4.78 is 5.59. The molecule has 3 rings (SSSR count). The number of anilines is 1. The van der Waals surface area contributed by atoms with E-state index in [2.05, 4.69) is 5.32 Å². The van der Waals surface area contributed by atoms with E-state index in [0.29, 0.717) is 21.5 Å². The van der Waals surface area contributed by atoms with Crippen molar-refractivity contribution in [3.63, 3.8) is 0 Å². The third kappa shape index (κ3) is 3.16. The van der Waals surface area contributed by atoms with Crippen LogP contribution in [0, 0.1) is 0 Å². The Labute approximate surface area is 137 Å². The van der Waals surface area contributed by atoms with Crippen LogP contribution in [0.4, 0.5) is 5.69 Å². The molecule has 0 aliphatic heterocycles. The van der Waals surface area contributed by atoms with Gasteiger partial charge in [-0.3, -0.25) is 4.79 Å². The van der Waals surface area contributed by atoms with Gasteiger partial charge in [0.2, 0.25) is 0 Å². The Bertz CT molecular complexity index is 827. The molecule has 3 aromatic rings. The smallest absolute Gasteiger partial charge is 0.291 e. The number of furan rings is 1. The number of hydrogen-bond acceptors (Lipinski definition) is 2. The molecule has 1 aromatic heterocycles. The molecular weight excluding hydrogens is 321 g/mol. The molecular formula is C17H11Cl2NO2. The molecule has 2 aromatic carbocycles. The SMILES string of the molecule is O=C(Nc1cccc(Cl)c1)c1ccc(-c2ccccc2Cl)o1. The van der Waals surface area contributed by atoms with Crippen LogP contribution in [0.1, 0.15) is 10.6 Å². The summed E-state index contributed by atoms with van der Waals surface area (Å²) in [6.45, 7) is 0. The van der Waals surface area contributed by atoms with Gasteiger partial charge in [0.25, 0.3) is 5.91 Å². The first-order valence-electron chi connectivity index (χ1n) is 6.55. The summed E-state index contributed by atoms with van der Waals surface area (Å²) in [7, 11) is 0. The average Bonchev–Trinajstić information content (AvgIpc) is 2.97. The summed E-state index contributed by atoms with van der Waals surface area (Å²) in [4.78, 5) is 12.2. The molecule has 22 heavy (non-hydrogen) atoms. The highest BCUT2D eigenvalue weighted by atomic mass is 35.5. The number of benzene rings is 2. The van der Waals surface area contributed by atoms with E-state index in [-0.39, 0.29) is 11.7 Å². The van der Waals surface area contributed by atoms with Crippen molar-refractivity contribution in [2.24, 2.45) is 0 Å². The molecule has 1 heterocycles. The fourth-order valence-corrected chi connectivity index (χ4v) is 2.44. The van der Waals surface area contributed by atoms with Crippen molar-refractivity contribution in [1.29, 1.82) is 0 Å². The monoisotopic (exact) mass is 331 g/mol. The molecule has 3 nitrogen and oxygen atoms in total. The molecule has 0 saturated carbocycles. The van der Waals surface area contributed by atoms with E-state index in [4.69, 9.17) is 27.6 Å². The third-order valence-corrected chi connectivity index (χ3v) is 3.62. The summed E-state index contributed by atoms with van der Waals surface area (Å²) in [5.41, 5.74) is 1.35. The predicted molar refractivity (Wildman–Crippen MR) is 88.6 cm³/mol. The Morgan fingerprint density at radius 3 is 2.55 bits per heavy atom. The minimum absolute atomic E-state index is 0.204. The second kappa shape index (κ2) is 6.26. The van der Waals surface area contributed by atoms with Crippen molar-refractivity contribution in [3.05, 3.63) is 76.5 Å². The summed E-state index contributed by atoms with van der Waals surface area (Å²) in [6.07, 6.45) is 0. The molecule has 0 unspecified atom stereocenters. The molecule has 0 atom stereocenters. The van der Waals surface area contributed by atoms with E-state index in [1.165, 1.54) is 0 Å². The highest BCUT2D eigenvalue weighted by molar-refractivity contribution is 6.33. The van der Waals surface area contributed by atoms with Crippen LogP contribution in [-0.2, 0) is 0 Å². The van der Waals surface area contributed by atoms with Gasteiger partial charge in [-0.1, -0.05) is 41.4 Å². The lowest BCUT2D eigenvalue weighted by Crippen LogP contribution is -2.10. The lowest BCUT2D eigenvalue weighted by molar-refractivity contribution is 0.0997. The zero-order valence-electron chi connectivity index (χ0n) is 11.3. The van der Waals surface area contributed by atoms with Gasteiger partial charge in [0.05, 0.1) is 5.02 Å². The molecule has 5 heteroatoms. The van der Waals surface area contributed by atoms with Gasteiger partial charge >= 0.3 is 0 Å². The summed E-state index contributed by atoms with van der Waals surface area (Å²) in [6, 6.07) is 17.5. The topological polar surface area (TPSA) is 42.2 Å². The van der Waals surface area contributed by atoms with Crippen molar-refractivity contribution in [2.45, 2.75) is 0 Å². The average molecular weight is 332 g/mol. The van der Waals surface area contributed by atoms with Crippen molar-refractivity contribution < 1.29 is 9.21 Å². The number of carbonyl (C=O) groups is 1. The molecule has 0 aliphatic carbocycles. The van der Waals surface area contributed by atoms with Crippen LogP contribution in [0.15, 0.2) is 65.1 Å². The summed E-state index contributed by atoms with van der Waals surface area (Å²) in [5.74, 6) is 0.400. The van der Waals surface area contributed by atoms with Gasteiger partial charge in [0, 0.05) is 16.3 Å². The molecule has 110 valence electrons. The molecule has 0 radical (unpaired) electrons. The van der Waals surface area contributed by atoms with Gasteiger partial charge in [0.1, 0.15) is 5.76 Å². The molecule has 0 spiro atoms. The normalized spacial score (nSPS) is 10.5. The Hall–Kier alpha value is -2.23. The molecule has 0 saturated heterocycles. The van der Waals surface area contributed by atoms with Gasteiger partial charge in [-0.2, -0.15) is 0 Å². The van der Waals surface area contributed by atoms with Gasteiger partial charge in [-0.25, -0.2) is 0 Å². The maximum absolute atomic E-state index is 12.2. The second-order valence-electron chi connectivity index (χ2n) is 4.61. The number of nitrogens with one attached hydrogen (secondary N) is 1. The molecule has 1 amide bonds. The van der Waals surface area contributed by atoms with Crippen LogP contribution in [0.3, 0.4) is 0 Å². The van der Waals surface area contributed by atoms with E-state index in [0.717, 1.165) is 5.56 Å². The first kappa shape index (κ1) is 14.7. The number of amides is 1. The number of halogens is 2. The van der Waals surface area contributed by atoms with E-state index in [1.807, 2.05) is 18.2 Å². The summed E-state index contributed by atoms with van der Waals surface area (Å²) >= 11 is 12.0. The lowest BCUT2D eigenvalue weighted by atomic mass is 10.2. The minimum Gasteiger partial charge on any atom is -0.451 e. The van der Waals surface area contributed by atoms with E-state index >= 15 is 0 Å². The first-order chi connectivity index (χ1) is 10.6. The van der Waals surface area contributed by atoms with Gasteiger partial charge in [-0.05, 0) is 42.5 Å². The zero-order chi connectivity index (χ0) is 15.5. The maximum atomic E-state index is 12.2. The van der Waals surface area contributed by atoms with Crippen molar-refractivity contribution in [2.75, 3.05) is 5.32 Å². The Balaban J connectivity index is 1.82. The standard InChI is InChI=1S/C17H11Cl2NO2/c18-11-4-3-5-12(10-11)20-17(21)16-9-8-15(22-16)13-6-1-2-7-14(13)19/h1-10H,(H,20,21). The molecule has 0 fully saturated rings. The fraction of sp³-hybridized carbons (Fsp3) is 0. The molecule has 0 aliphatic rings. The first-order valence-corrected chi connectivity index (χ1v) is 7.31. The van der Waals surface area contributed by atoms with Crippen LogP contribution >= 0.6 is 23.2 Å². The highest BCUT2D eigenvalue weighted by Gasteiger charge is 2.14. The second-order valence-corrected chi connectivity index (χ2v) is 5.45. The Morgan fingerprint density at radius 2 is 1.77 bits per heavy atom. The fourth-order valence-electron chi connectivity index (χ4n) is 2.02. The van der Waals surface area contributed by atoms with Crippen LogP contribution in [0.25, 0.3) is 11.3 Å². The highest BCUT2D eigenvalue weighted by Crippen LogP contribution is 2.29. The molecule has 0 bridgehead atoms.